The third-order valence-corrected chi connectivity index (χ3v) is 3.89. The molecule has 1 rings (SSSR count). The summed E-state index contributed by atoms with van der Waals surface area (Å²) in [6.07, 6.45) is -0.274. The van der Waals surface area contributed by atoms with Crippen LogP contribution < -0.4 is 16.0 Å². The van der Waals surface area contributed by atoms with E-state index in [1.807, 2.05) is 0 Å². The molecule has 1 radical (unpaired) electrons. The van der Waals surface area contributed by atoms with Crippen molar-refractivity contribution < 1.29 is 33.3 Å². The maximum Gasteiger partial charge on any atom is 0.482 e. The molecule has 0 saturated heterocycles. The van der Waals surface area contributed by atoms with E-state index in [4.69, 9.17) is 4.74 Å². The molecule has 115 valence electrons. The number of rotatable bonds is 6. The Morgan fingerprint density at radius 3 is 2.48 bits per heavy atom. The minimum atomic E-state index is -3.98. The van der Waals surface area contributed by atoms with Crippen LogP contribution in [0.25, 0.3) is 0 Å². The van der Waals surface area contributed by atoms with Gasteiger partial charge >= 0.3 is 10.5 Å². The fourth-order valence-electron chi connectivity index (χ4n) is 1.69. The quantitative estimate of drug-likeness (QED) is 0.440. The Kier molecular flexibility index (Phi) is 5.55. The number of ether oxygens (including phenoxy) is 1. The van der Waals surface area contributed by atoms with Crippen LogP contribution in [-0.2, 0) is 33.1 Å². The first kappa shape index (κ1) is 17.2. The summed E-state index contributed by atoms with van der Waals surface area (Å²) in [4.78, 5) is 22.4. The van der Waals surface area contributed by atoms with E-state index in [1.165, 1.54) is 33.1 Å². The lowest BCUT2D eigenvalue weighted by Gasteiger charge is -2.11. The van der Waals surface area contributed by atoms with Crippen LogP contribution in [0.1, 0.15) is 18.9 Å². The van der Waals surface area contributed by atoms with Gasteiger partial charge in [0.15, 0.2) is 0 Å². The Morgan fingerprint density at radius 1 is 1.38 bits per heavy atom. The lowest BCUT2D eigenvalue weighted by atomic mass is 10.2. The van der Waals surface area contributed by atoms with Crippen LogP contribution in [0.15, 0.2) is 17.0 Å². The molecule has 1 aromatic carbocycles. The van der Waals surface area contributed by atoms with Crippen LogP contribution in [0.3, 0.4) is 0 Å². The van der Waals surface area contributed by atoms with E-state index in [-0.39, 0.29) is 28.5 Å². The number of ketones is 1. The highest BCUT2D eigenvalue weighted by molar-refractivity contribution is 7.92. The average Bonchev–Trinajstić information content (AvgIpc) is 2.37. The van der Waals surface area contributed by atoms with Gasteiger partial charge in [-0.2, -0.15) is 5.90 Å². The Hall–Kier alpha value is -1.81. The van der Waals surface area contributed by atoms with Gasteiger partial charge in [0.2, 0.25) is 10.8 Å². The molecule has 0 heterocycles. The predicted octanol–water partition coefficient (Wildman–Crippen LogP) is 0.214. The first-order chi connectivity index (χ1) is 9.71. The van der Waals surface area contributed by atoms with Crippen molar-refractivity contribution in [3.05, 3.63) is 17.7 Å². The van der Waals surface area contributed by atoms with E-state index in [9.17, 15) is 18.4 Å². The highest BCUT2D eigenvalue weighted by Crippen LogP contribution is 2.33. The lowest BCUT2D eigenvalue weighted by Crippen LogP contribution is -2.52. The minimum absolute atomic E-state index is 0.112. The van der Waals surface area contributed by atoms with E-state index in [0.29, 0.717) is 5.56 Å². The second kappa shape index (κ2) is 6.76. The number of carbonyl (C=O) groups is 2. The van der Waals surface area contributed by atoms with Crippen LogP contribution in [-0.4, -0.2) is 18.8 Å². The molecule has 4 N–H and O–H groups in total. The van der Waals surface area contributed by atoms with Crippen molar-refractivity contribution in [3.8, 4) is 5.75 Å². The van der Waals surface area contributed by atoms with Crippen LogP contribution in [0, 0.1) is 6.92 Å². The molecule has 1 aromatic rings. The van der Waals surface area contributed by atoms with Crippen molar-refractivity contribution in [1.29, 1.82) is 0 Å². The fourth-order valence-corrected chi connectivity index (χ4v) is 2.52. The molecule has 8 nitrogen and oxygen atoms in total. The number of benzene rings is 1. The van der Waals surface area contributed by atoms with Gasteiger partial charge in [-0.3, -0.25) is 9.59 Å². The molecule has 1 amide bonds. The molecule has 9 heteroatoms. The van der Waals surface area contributed by atoms with Crippen LogP contribution in [0.2, 0.25) is 0 Å². The molecule has 1 atom stereocenters. The van der Waals surface area contributed by atoms with E-state index in [1.54, 1.807) is 0 Å². The lowest BCUT2D eigenvalue weighted by molar-refractivity contribution is -0.637. The zero-order valence-electron chi connectivity index (χ0n) is 11.9. The van der Waals surface area contributed by atoms with Gasteiger partial charge in [-0.25, -0.2) is 0 Å². The molecule has 1 unspecified atom stereocenters. The highest BCUT2D eigenvalue weighted by atomic mass is 32.3. The molecule has 0 bridgehead atoms. The Labute approximate surface area is 123 Å². The van der Waals surface area contributed by atoms with E-state index < -0.39 is 16.4 Å². The third-order valence-electron chi connectivity index (χ3n) is 2.61. The molecular weight excluding hydrogens is 300 g/mol. The summed E-state index contributed by atoms with van der Waals surface area (Å²) in [5.41, 5.74) is 0.613. The Bertz CT molecular complexity index is 616. The van der Waals surface area contributed by atoms with Gasteiger partial charge in [-0.1, -0.05) is 0 Å². The summed E-state index contributed by atoms with van der Waals surface area (Å²) in [6, 6.07) is 2.64. The maximum absolute atomic E-state index is 11.7. The Morgan fingerprint density at radius 2 is 2.00 bits per heavy atom. The van der Waals surface area contributed by atoms with Crippen molar-refractivity contribution in [2.24, 2.45) is 0 Å². The summed E-state index contributed by atoms with van der Waals surface area (Å²) in [6.45, 7) is 2.83. The van der Waals surface area contributed by atoms with Crippen molar-refractivity contribution >= 4 is 27.9 Å². The maximum atomic E-state index is 11.7. The number of Topliss-reactive ketones (excluding diaryl/α,β-unsaturated/α-hetero) is 1. The largest absolute Gasteiger partial charge is 0.494 e. The summed E-state index contributed by atoms with van der Waals surface area (Å²) in [5, 5.41) is 2.49. The van der Waals surface area contributed by atoms with Gasteiger partial charge in [-0.05, 0) is 24.1 Å². The average molecular weight is 317 g/mol. The number of hydrogen-bond donors (Lipinski definition) is 2. The summed E-state index contributed by atoms with van der Waals surface area (Å²) < 4.78 is 32.7. The van der Waals surface area contributed by atoms with Gasteiger partial charge in [0.25, 0.3) is 0 Å². The number of hydrogen-bond acceptors (Lipinski definition) is 5. The molecule has 0 fully saturated rings. The number of amides is 1. The van der Waals surface area contributed by atoms with Crippen LogP contribution in [0.5, 0.6) is 5.75 Å². The monoisotopic (exact) mass is 317 g/mol. The van der Waals surface area contributed by atoms with Gasteiger partial charge < -0.3 is 10.1 Å². The van der Waals surface area contributed by atoms with Crippen molar-refractivity contribution in [3.63, 3.8) is 0 Å². The minimum Gasteiger partial charge on any atom is -0.494 e. The van der Waals surface area contributed by atoms with E-state index in [0.717, 1.165) is 0 Å². The topological polar surface area (TPSA) is 129 Å². The van der Waals surface area contributed by atoms with Gasteiger partial charge in [0, 0.05) is 11.6 Å². The van der Waals surface area contributed by atoms with Crippen molar-refractivity contribution in [2.45, 2.75) is 25.2 Å². The fraction of sp³-hybridized carbons (Fsp3) is 0.333. The van der Waals surface area contributed by atoms with Crippen molar-refractivity contribution in [2.75, 3.05) is 12.4 Å². The van der Waals surface area contributed by atoms with Gasteiger partial charge in [0.1, 0.15) is 11.5 Å². The number of anilines is 1. The molecular formula is C12H17N2O6S+2. The van der Waals surface area contributed by atoms with Crippen LogP contribution >= 0.6 is 0 Å². The molecule has 0 spiro atoms. The van der Waals surface area contributed by atoms with Crippen molar-refractivity contribution in [1.82, 2.24) is 0 Å². The molecule has 0 aliphatic rings. The normalized spacial score (nSPS) is 13.4. The first-order valence-corrected chi connectivity index (χ1v) is 7.28. The zero-order chi connectivity index (χ0) is 16.2. The van der Waals surface area contributed by atoms with Crippen LogP contribution in [0.4, 0.5) is 5.69 Å². The van der Waals surface area contributed by atoms with Gasteiger partial charge in [-0.15, -0.1) is 0 Å². The standard InChI is InChI=1S/C12H16N2O6S/c1-7-4-9(14-12(16)5-8(2)15)10(19-3)6-11(7)21(17,18)20-13/h4,6H,5H2,1-3,13H3/q+1/p+1. The molecule has 0 aliphatic carbocycles. The number of methoxy groups -OCH3 is 1. The molecule has 21 heavy (non-hydrogen) atoms. The van der Waals surface area contributed by atoms with E-state index >= 15 is 0 Å². The molecule has 0 saturated carbocycles. The summed E-state index contributed by atoms with van der Waals surface area (Å²) >= 11 is 0. The number of aryl methyl sites for hydroxylation is 1. The zero-order valence-corrected chi connectivity index (χ0v) is 12.7. The second-order valence-electron chi connectivity index (χ2n) is 4.32. The highest BCUT2D eigenvalue weighted by Gasteiger charge is 2.40. The summed E-state index contributed by atoms with van der Waals surface area (Å²) in [5.74, 6) is 2.24. The molecule has 0 aromatic heterocycles. The number of quaternary nitrogens is 1. The summed E-state index contributed by atoms with van der Waals surface area (Å²) in [7, 11) is -2.66. The van der Waals surface area contributed by atoms with Gasteiger partial charge in [0.05, 0.1) is 28.1 Å². The SMILES string of the molecule is COc1cc([S+]([O])(=O)O[NH3+])c(C)cc1NC(=O)CC(C)=O. The van der Waals surface area contributed by atoms with E-state index in [2.05, 4.69) is 15.5 Å². The predicted molar refractivity (Wildman–Crippen MR) is 72.6 cm³/mol. The second-order valence-corrected chi connectivity index (χ2v) is 5.90. The third kappa shape index (κ3) is 4.33. The molecule has 0 aliphatic heterocycles. The number of nitrogens with one attached hydrogen (secondary N) is 1. The number of carbonyl (C=O) groups excluding carboxylic acids is 2. The Balaban J connectivity index is 3.19. The smallest absolute Gasteiger partial charge is 0.482 e. The first-order valence-electron chi connectivity index (χ1n) is 5.88.